The van der Waals surface area contributed by atoms with Gasteiger partial charge in [0.05, 0.1) is 7.11 Å². The van der Waals surface area contributed by atoms with Crippen molar-refractivity contribution < 1.29 is 23.8 Å². The van der Waals surface area contributed by atoms with Crippen LogP contribution in [-0.2, 0) is 27.3 Å². The molecule has 1 atom stereocenters. The molecule has 4 aliphatic rings. The van der Waals surface area contributed by atoms with E-state index in [1.54, 1.807) is 6.92 Å². The highest BCUT2D eigenvalue weighted by Crippen LogP contribution is 2.57. The fraction of sp³-hybridized carbons (Fsp3) is 0.517. The van der Waals surface area contributed by atoms with Crippen molar-refractivity contribution in [3.05, 3.63) is 65.7 Å². The first-order valence-corrected chi connectivity index (χ1v) is 12.7. The highest BCUT2D eigenvalue weighted by Gasteiger charge is 2.53. The van der Waals surface area contributed by atoms with E-state index in [-0.39, 0.29) is 12.0 Å². The van der Waals surface area contributed by atoms with Gasteiger partial charge in [-0.3, -0.25) is 0 Å². The minimum absolute atomic E-state index is 0.286. The summed E-state index contributed by atoms with van der Waals surface area (Å²) in [6.07, 6.45) is 6.43. The molecule has 0 heterocycles. The summed E-state index contributed by atoms with van der Waals surface area (Å²) in [5.74, 6) is 2.26. The number of hydrogen-bond acceptors (Lipinski definition) is 5. The Labute approximate surface area is 207 Å². The maximum absolute atomic E-state index is 13.1. The van der Waals surface area contributed by atoms with Crippen LogP contribution in [0.25, 0.3) is 0 Å². The first-order chi connectivity index (χ1) is 16.8. The zero-order chi connectivity index (χ0) is 24.5. The third-order valence-corrected chi connectivity index (χ3v) is 8.03. The van der Waals surface area contributed by atoms with E-state index < -0.39 is 17.6 Å². The molecule has 2 aromatic carbocycles. The van der Waals surface area contributed by atoms with Crippen LogP contribution in [0.2, 0.25) is 0 Å². The van der Waals surface area contributed by atoms with Crippen LogP contribution in [0.1, 0.15) is 56.6 Å². The summed E-state index contributed by atoms with van der Waals surface area (Å²) in [5, 5.41) is 2.86. The molecule has 6 rings (SSSR count). The Kier molecular flexibility index (Phi) is 6.47. The molecule has 1 unspecified atom stereocenters. The maximum atomic E-state index is 13.1. The molecule has 0 saturated heterocycles. The molecule has 186 valence electrons. The van der Waals surface area contributed by atoms with E-state index in [1.807, 2.05) is 54.6 Å². The highest BCUT2D eigenvalue weighted by molar-refractivity contribution is 5.85. The average Bonchev–Trinajstić information content (AvgIpc) is 2.82. The summed E-state index contributed by atoms with van der Waals surface area (Å²) < 4.78 is 17.0. The number of ether oxygens (including phenoxy) is 3. The molecule has 2 aromatic rings. The number of esters is 1. The Morgan fingerprint density at radius 2 is 1.51 bits per heavy atom. The second-order valence-electron chi connectivity index (χ2n) is 11.0. The Morgan fingerprint density at radius 1 is 0.914 bits per heavy atom. The lowest BCUT2D eigenvalue weighted by atomic mass is 9.54. The van der Waals surface area contributed by atoms with E-state index in [1.165, 1.54) is 26.4 Å². The van der Waals surface area contributed by atoms with Crippen molar-refractivity contribution >= 4 is 12.1 Å². The van der Waals surface area contributed by atoms with Crippen molar-refractivity contribution in [3.8, 4) is 5.75 Å². The molecule has 0 aromatic heterocycles. The number of methoxy groups -OCH3 is 1. The van der Waals surface area contributed by atoms with Crippen molar-refractivity contribution in [1.29, 1.82) is 0 Å². The molecule has 6 nitrogen and oxygen atoms in total. The average molecular weight is 478 g/mol. The topological polar surface area (TPSA) is 73.9 Å². The first-order valence-electron chi connectivity index (χ1n) is 12.7. The molecule has 4 bridgehead atoms. The van der Waals surface area contributed by atoms with Crippen LogP contribution in [0.15, 0.2) is 54.6 Å². The Balaban J connectivity index is 1.22. The fourth-order valence-corrected chi connectivity index (χ4v) is 6.85. The largest absolute Gasteiger partial charge is 0.489 e. The van der Waals surface area contributed by atoms with Gasteiger partial charge in [0.2, 0.25) is 0 Å². The van der Waals surface area contributed by atoms with Gasteiger partial charge in [-0.05, 0) is 86.5 Å². The lowest BCUT2D eigenvalue weighted by molar-refractivity contribution is -0.149. The van der Waals surface area contributed by atoms with E-state index in [9.17, 15) is 9.59 Å². The molecule has 0 spiro atoms. The van der Waals surface area contributed by atoms with Gasteiger partial charge in [0, 0.05) is 6.42 Å². The van der Waals surface area contributed by atoms with E-state index in [0.29, 0.717) is 24.4 Å². The van der Waals surface area contributed by atoms with E-state index in [0.717, 1.165) is 36.1 Å². The molecule has 1 amide bonds. The van der Waals surface area contributed by atoms with Crippen molar-refractivity contribution in [1.82, 2.24) is 5.32 Å². The number of benzene rings is 2. The minimum atomic E-state index is -1.24. The van der Waals surface area contributed by atoms with E-state index >= 15 is 0 Å². The van der Waals surface area contributed by atoms with Crippen LogP contribution >= 0.6 is 0 Å². The lowest BCUT2D eigenvalue weighted by Gasteiger charge is -2.55. The molecular weight excluding hydrogens is 442 g/mol. The second kappa shape index (κ2) is 9.56. The predicted molar refractivity (Wildman–Crippen MR) is 132 cm³/mol. The Bertz CT molecular complexity index is 1020. The minimum Gasteiger partial charge on any atom is -0.489 e. The predicted octanol–water partition coefficient (Wildman–Crippen LogP) is 5.43. The molecular formula is C29H35NO5. The van der Waals surface area contributed by atoms with Gasteiger partial charge in [0.25, 0.3) is 0 Å². The first kappa shape index (κ1) is 23.7. The number of nitrogens with one attached hydrogen (secondary N) is 1. The van der Waals surface area contributed by atoms with Gasteiger partial charge in [0.1, 0.15) is 23.5 Å². The van der Waals surface area contributed by atoms with Crippen LogP contribution in [0.5, 0.6) is 5.75 Å². The van der Waals surface area contributed by atoms with Crippen molar-refractivity contribution in [2.24, 2.45) is 17.8 Å². The zero-order valence-corrected chi connectivity index (χ0v) is 20.6. The van der Waals surface area contributed by atoms with Gasteiger partial charge in [-0.25, -0.2) is 9.59 Å². The normalized spacial score (nSPS) is 28.1. The number of amides is 1. The zero-order valence-electron chi connectivity index (χ0n) is 20.6. The number of carbonyl (C=O) groups excluding carboxylic acids is 2. The van der Waals surface area contributed by atoms with Crippen LogP contribution < -0.4 is 10.1 Å². The van der Waals surface area contributed by atoms with Crippen LogP contribution in [0.4, 0.5) is 4.79 Å². The molecule has 0 aliphatic heterocycles. The molecule has 4 saturated carbocycles. The van der Waals surface area contributed by atoms with Crippen molar-refractivity contribution in [2.45, 2.75) is 69.6 Å². The molecule has 1 N–H and O–H groups in total. The summed E-state index contributed by atoms with van der Waals surface area (Å²) in [7, 11) is 1.34. The number of rotatable bonds is 8. The number of carbonyl (C=O) groups is 2. The lowest BCUT2D eigenvalue weighted by Crippen LogP contribution is -2.58. The van der Waals surface area contributed by atoms with E-state index in [2.05, 4.69) is 5.32 Å². The van der Waals surface area contributed by atoms with Gasteiger partial charge < -0.3 is 19.5 Å². The third kappa shape index (κ3) is 5.31. The smallest absolute Gasteiger partial charge is 0.408 e. The molecule has 35 heavy (non-hydrogen) atoms. The SMILES string of the molecule is COC(=O)C(C)(Cc1ccc(OCc2ccccc2)cc1)NC(=O)OC12CC3CC(CC(C3)C1)C2. The monoisotopic (exact) mass is 477 g/mol. The summed E-state index contributed by atoms with van der Waals surface area (Å²) >= 11 is 0. The summed E-state index contributed by atoms with van der Waals surface area (Å²) in [6, 6.07) is 17.6. The van der Waals surface area contributed by atoms with Gasteiger partial charge in [0.15, 0.2) is 0 Å². The van der Waals surface area contributed by atoms with Gasteiger partial charge in [-0.15, -0.1) is 0 Å². The number of alkyl carbamates (subject to hydrolysis) is 1. The Hall–Kier alpha value is -3.02. The van der Waals surface area contributed by atoms with Crippen molar-refractivity contribution in [2.75, 3.05) is 7.11 Å². The second-order valence-corrected chi connectivity index (χ2v) is 11.0. The fourth-order valence-electron chi connectivity index (χ4n) is 6.85. The van der Waals surface area contributed by atoms with Crippen LogP contribution in [-0.4, -0.2) is 30.3 Å². The summed E-state index contributed by atoms with van der Waals surface area (Å²) in [5.41, 5.74) is 0.380. The maximum Gasteiger partial charge on any atom is 0.408 e. The highest BCUT2D eigenvalue weighted by atomic mass is 16.6. The van der Waals surface area contributed by atoms with Crippen LogP contribution in [0.3, 0.4) is 0 Å². The van der Waals surface area contributed by atoms with Gasteiger partial charge in [-0.1, -0.05) is 42.5 Å². The summed E-state index contributed by atoms with van der Waals surface area (Å²) in [6.45, 7) is 2.18. The summed E-state index contributed by atoms with van der Waals surface area (Å²) in [4.78, 5) is 25.8. The van der Waals surface area contributed by atoms with E-state index in [4.69, 9.17) is 14.2 Å². The van der Waals surface area contributed by atoms with Crippen LogP contribution in [0, 0.1) is 17.8 Å². The number of hydrogen-bond donors (Lipinski definition) is 1. The molecule has 4 aliphatic carbocycles. The Morgan fingerprint density at radius 3 is 2.09 bits per heavy atom. The van der Waals surface area contributed by atoms with Gasteiger partial charge >= 0.3 is 12.1 Å². The third-order valence-electron chi connectivity index (χ3n) is 8.03. The quantitative estimate of drug-likeness (QED) is 0.513. The molecule has 0 radical (unpaired) electrons. The van der Waals surface area contributed by atoms with Gasteiger partial charge in [-0.2, -0.15) is 0 Å². The molecule has 6 heteroatoms. The van der Waals surface area contributed by atoms with Crippen molar-refractivity contribution in [3.63, 3.8) is 0 Å². The standard InChI is InChI=1S/C29H35NO5/c1-28(26(31)33-2,15-20-8-10-25(11-9-20)34-19-21-6-4-3-5-7-21)30-27(32)35-29-16-22-12-23(17-29)14-24(13-22)18-29/h3-11,22-24H,12-19H2,1-2H3,(H,30,32). The molecule has 4 fully saturated rings.